The lowest BCUT2D eigenvalue weighted by atomic mass is 10.0. The second-order valence-electron chi connectivity index (χ2n) is 6.73. The summed E-state index contributed by atoms with van der Waals surface area (Å²) in [5.74, 6) is 0.129. The van der Waals surface area contributed by atoms with Crippen LogP contribution in [0, 0.1) is 36.7 Å². The third kappa shape index (κ3) is 3.45. The van der Waals surface area contributed by atoms with Gasteiger partial charge < -0.3 is 9.80 Å². The summed E-state index contributed by atoms with van der Waals surface area (Å²) < 4.78 is 2.71. The molecule has 1 saturated heterocycles. The summed E-state index contributed by atoms with van der Waals surface area (Å²) in [4.78, 5) is 16.6. The number of piperazine rings is 1. The Labute approximate surface area is 163 Å². The van der Waals surface area contributed by atoms with Crippen molar-refractivity contribution in [1.29, 1.82) is 5.26 Å². The van der Waals surface area contributed by atoms with Crippen molar-refractivity contribution in [2.24, 2.45) is 0 Å². The van der Waals surface area contributed by atoms with Gasteiger partial charge in [-0.25, -0.2) is 0 Å². The molecule has 0 atom stereocenters. The average molecular weight is 388 g/mol. The molecule has 0 aliphatic carbocycles. The van der Waals surface area contributed by atoms with Crippen LogP contribution in [0.5, 0.6) is 0 Å². The van der Waals surface area contributed by atoms with Gasteiger partial charge >= 0.3 is 0 Å². The molecule has 3 heterocycles. The van der Waals surface area contributed by atoms with Gasteiger partial charge in [-0.05, 0) is 43.3 Å². The molecule has 26 heavy (non-hydrogen) atoms. The van der Waals surface area contributed by atoms with Crippen molar-refractivity contribution >= 4 is 29.5 Å². The fourth-order valence-electron chi connectivity index (χ4n) is 3.39. The zero-order valence-corrected chi connectivity index (χ0v) is 17.0. The quantitative estimate of drug-likeness (QED) is 0.821. The van der Waals surface area contributed by atoms with Gasteiger partial charge in [0.1, 0.15) is 10.7 Å². The molecular weight excluding hydrogens is 364 g/mol. The van der Waals surface area contributed by atoms with Crippen molar-refractivity contribution in [2.45, 2.75) is 27.4 Å². The Kier molecular flexibility index (Phi) is 5.56. The SMILES string of the molecule is Cc1c(C)c(C)n(C[NH+]2CCN(C(=O)c3cccs3)CC2)c(=S)c1C#N. The molecule has 3 rings (SSSR count). The molecule has 136 valence electrons. The summed E-state index contributed by atoms with van der Waals surface area (Å²) >= 11 is 7.07. The number of amides is 1. The molecule has 0 bridgehead atoms. The minimum atomic E-state index is 0.129. The van der Waals surface area contributed by atoms with Gasteiger partial charge in [0.25, 0.3) is 5.91 Å². The highest BCUT2D eigenvalue weighted by molar-refractivity contribution is 7.71. The Balaban J connectivity index is 1.73. The number of pyridine rings is 1. The lowest BCUT2D eigenvalue weighted by molar-refractivity contribution is -0.926. The molecule has 0 saturated carbocycles. The van der Waals surface area contributed by atoms with Gasteiger partial charge in [0.05, 0.1) is 36.6 Å². The van der Waals surface area contributed by atoms with E-state index in [-0.39, 0.29) is 5.91 Å². The number of carbonyl (C=O) groups is 1. The van der Waals surface area contributed by atoms with E-state index < -0.39 is 0 Å². The van der Waals surface area contributed by atoms with Crippen molar-refractivity contribution < 1.29 is 9.69 Å². The predicted molar refractivity (Wildman–Crippen MR) is 105 cm³/mol. The van der Waals surface area contributed by atoms with Gasteiger partial charge in [-0.15, -0.1) is 11.3 Å². The zero-order valence-electron chi connectivity index (χ0n) is 15.3. The van der Waals surface area contributed by atoms with Crippen LogP contribution >= 0.6 is 23.6 Å². The molecule has 1 N–H and O–H groups in total. The smallest absolute Gasteiger partial charge is 0.264 e. The monoisotopic (exact) mass is 387 g/mol. The lowest BCUT2D eigenvalue weighted by Gasteiger charge is -2.33. The topological polar surface area (TPSA) is 53.5 Å². The molecule has 1 amide bonds. The minimum absolute atomic E-state index is 0.129. The molecule has 0 aromatic carbocycles. The van der Waals surface area contributed by atoms with E-state index in [9.17, 15) is 10.1 Å². The number of thiophene rings is 1. The van der Waals surface area contributed by atoms with Gasteiger partial charge in [-0.3, -0.25) is 9.36 Å². The van der Waals surface area contributed by atoms with Gasteiger partial charge in [0, 0.05) is 5.69 Å². The molecule has 0 radical (unpaired) electrons. The molecule has 2 aromatic rings. The Morgan fingerprint density at radius 2 is 2.00 bits per heavy atom. The summed E-state index contributed by atoms with van der Waals surface area (Å²) in [5, 5.41) is 11.4. The first kappa shape index (κ1) is 18.8. The van der Waals surface area contributed by atoms with E-state index in [1.165, 1.54) is 16.2 Å². The van der Waals surface area contributed by atoms with Crippen LogP contribution < -0.4 is 4.90 Å². The summed E-state index contributed by atoms with van der Waals surface area (Å²) in [5.41, 5.74) is 3.83. The van der Waals surface area contributed by atoms with Crippen molar-refractivity contribution in [3.05, 3.63) is 49.4 Å². The number of nitrogens with zero attached hydrogens (tertiary/aromatic N) is 3. The van der Waals surface area contributed by atoms with E-state index in [0.29, 0.717) is 10.2 Å². The molecule has 0 unspecified atom stereocenters. The number of hydrogen-bond acceptors (Lipinski definition) is 4. The summed E-state index contributed by atoms with van der Waals surface area (Å²) in [6, 6.07) is 6.06. The maximum absolute atomic E-state index is 12.5. The number of nitriles is 1. The van der Waals surface area contributed by atoms with E-state index in [2.05, 4.69) is 17.6 Å². The largest absolute Gasteiger partial charge is 0.327 e. The van der Waals surface area contributed by atoms with E-state index in [1.807, 2.05) is 36.3 Å². The van der Waals surface area contributed by atoms with Crippen molar-refractivity contribution in [3.8, 4) is 6.07 Å². The standard InChI is InChI=1S/C19H22N4OS2/c1-13-14(2)16(11-20)19(25)23(15(13)3)12-21-6-8-22(9-7-21)18(24)17-5-4-10-26-17/h4-5,10H,6-9,12H2,1-3H3/p+1. The highest BCUT2D eigenvalue weighted by Gasteiger charge is 2.26. The number of aromatic nitrogens is 1. The van der Waals surface area contributed by atoms with Crippen LogP contribution in [-0.2, 0) is 6.67 Å². The maximum Gasteiger partial charge on any atom is 0.264 e. The third-order valence-corrected chi connectivity index (χ3v) is 6.61. The molecule has 1 aliphatic heterocycles. The first-order chi connectivity index (χ1) is 12.4. The fourth-order valence-corrected chi connectivity index (χ4v) is 4.49. The van der Waals surface area contributed by atoms with Gasteiger partial charge in [-0.1, -0.05) is 18.3 Å². The first-order valence-electron chi connectivity index (χ1n) is 8.71. The number of hydrogen-bond donors (Lipinski definition) is 1. The number of rotatable bonds is 3. The normalized spacial score (nSPS) is 15.1. The second-order valence-corrected chi connectivity index (χ2v) is 8.07. The maximum atomic E-state index is 12.5. The Bertz CT molecular complexity index is 916. The van der Waals surface area contributed by atoms with Gasteiger partial charge in [0.2, 0.25) is 0 Å². The number of quaternary nitrogens is 1. The van der Waals surface area contributed by atoms with Crippen LogP contribution in [0.1, 0.15) is 32.1 Å². The molecule has 1 fully saturated rings. The van der Waals surface area contributed by atoms with Crippen LogP contribution in [0.25, 0.3) is 0 Å². The number of nitrogens with one attached hydrogen (secondary N) is 1. The van der Waals surface area contributed by atoms with E-state index in [1.54, 1.807) is 0 Å². The van der Waals surface area contributed by atoms with Crippen molar-refractivity contribution in [2.75, 3.05) is 26.2 Å². The summed E-state index contributed by atoms with van der Waals surface area (Å²) in [7, 11) is 0. The number of carbonyl (C=O) groups excluding carboxylic acids is 1. The second kappa shape index (κ2) is 7.70. The summed E-state index contributed by atoms with van der Waals surface area (Å²) in [6.45, 7) is 10.1. The van der Waals surface area contributed by atoms with E-state index in [0.717, 1.165) is 54.5 Å². The Hall–Kier alpha value is -2.01. The van der Waals surface area contributed by atoms with Crippen LogP contribution in [0.3, 0.4) is 0 Å². The predicted octanol–water partition coefficient (Wildman–Crippen LogP) is 2.07. The Morgan fingerprint density at radius 3 is 2.58 bits per heavy atom. The van der Waals surface area contributed by atoms with E-state index in [4.69, 9.17) is 12.2 Å². The van der Waals surface area contributed by atoms with Crippen LogP contribution in [-0.4, -0.2) is 41.6 Å². The van der Waals surface area contributed by atoms with E-state index >= 15 is 0 Å². The highest BCUT2D eigenvalue weighted by Crippen LogP contribution is 2.18. The van der Waals surface area contributed by atoms with Crippen molar-refractivity contribution in [3.63, 3.8) is 0 Å². The van der Waals surface area contributed by atoms with Crippen LogP contribution in [0.15, 0.2) is 17.5 Å². The molecule has 1 aliphatic rings. The minimum Gasteiger partial charge on any atom is -0.327 e. The molecule has 7 heteroatoms. The lowest BCUT2D eigenvalue weighted by Crippen LogP contribution is -3.14. The fraction of sp³-hybridized carbons (Fsp3) is 0.421. The van der Waals surface area contributed by atoms with Crippen LogP contribution in [0.2, 0.25) is 0 Å². The molecule has 0 spiro atoms. The van der Waals surface area contributed by atoms with Gasteiger partial charge in [0.15, 0.2) is 6.67 Å². The zero-order chi connectivity index (χ0) is 18.8. The summed E-state index contributed by atoms with van der Waals surface area (Å²) in [6.07, 6.45) is 0. The first-order valence-corrected chi connectivity index (χ1v) is 10.00. The van der Waals surface area contributed by atoms with Crippen LogP contribution in [0.4, 0.5) is 0 Å². The van der Waals surface area contributed by atoms with Gasteiger partial charge in [-0.2, -0.15) is 5.26 Å². The molecular formula is C19H23N4OS2+. The Morgan fingerprint density at radius 1 is 1.31 bits per heavy atom. The average Bonchev–Trinajstić information content (AvgIpc) is 3.19. The highest BCUT2D eigenvalue weighted by atomic mass is 32.1. The third-order valence-electron chi connectivity index (χ3n) is 5.33. The molecule has 5 nitrogen and oxygen atoms in total. The molecule has 2 aromatic heterocycles. The van der Waals surface area contributed by atoms with Crippen molar-refractivity contribution in [1.82, 2.24) is 9.47 Å².